The molecule has 0 radical (unpaired) electrons. The third-order valence-electron chi connectivity index (χ3n) is 6.27. The van der Waals surface area contributed by atoms with Crippen LogP contribution in [0.15, 0.2) is 96.2 Å². The van der Waals surface area contributed by atoms with E-state index in [4.69, 9.17) is 23.2 Å². The van der Waals surface area contributed by atoms with E-state index in [-0.39, 0.29) is 11.5 Å². The second-order valence-corrected chi connectivity index (χ2v) is 10.3. The summed E-state index contributed by atoms with van der Waals surface area (Å²) in [5.41, 5.74) is 7.27. The van der Waals surface area contributed by atoms with Crippen molar-refractivity contribution in [3.05, 3.63) is 118 Å². The van der Waals surface area contributed by atoms with Gasteiger partial charge in [0, 0.05) is 21.8 Å². The summed E-state index contributed by atoms with van der Waals surface area (Å²) < 4.78 is 1.92. The number of halogens is 2. The average Bonchev–Trinajstić information content (AvgIpc) is 3.48. The molecule has 4 aromatic carbocycles. The Bertz CT molecular complexity index is 1610. The standard InChI is InChI=1S/C29H19Cl2N3OS/c30-21-11-13-25(26(31)16-21)28-32-33-29(34(28)22-7-2-1-3-8-22)36-17-27(35)19-10-12-24-20(15-19)14-18-6-4-5-9-23(18)24/h1-13,15-16H,14,17H2. The van der Waals surface area contributed by atoms with Crippen molar-refractivity contribution in [2.24, 2.45) is 0 Å². The van der Waals surface area contributed by atoms with Crippen LogP contribution >= 0.6 is 35.0 Å². The first-order valence-corrected chi connectivity index (χ1v) is 13.2. The van der Waals surface area contributed by atoms with Gasteiger partial charge in [0.15, 0.2) is 16.8 Å². The Morgan fingerprint density at radius 2 is 1.56 bits per heavy atom. The molecular weight excluding hydrogens is 509 g/mol. The van der Waals surface area contributed by atoms with E-state index in [1.807, 2.05) is 53.1 Å². The number of benzene rings is 4. The molecule has 0 atom stereocenters. The number of rotatable bonds is 6. The van der Waals surface area contributed by atoms with E-state index in [0.717, 1.165) is 12.1 Å². The van der Waals surface area contributed by atoms with E-state index in [0.29, 0.717) is 32.2 Å². The number of fused-ring (bicyclic) bond motifs is 3. The van der Waals surface area contributed by atoms with Gasteiger partial charge in [-0.25, -0.2) is 0 Å². The lowest BCUT2D eigenvalue weighted by Gasteiger charge is -2.11. The smallest absolute Gasteiger partial charge is 0.196 e. The molecule has 176 valence electrons. The fourth-order valence-corrected chi connectivity index (χ4v) is 5.89. The zero-order valence-corrected chi connectivity index (χ0v) is 21.3. The van der Waals surface area contributed by atoms with E-state index in [9.17, 15) is 4.79 Å². The summed E-state index contributed by atoms with van der Waals surface area (Å²) >= 11 is 14.0. The number of aromatic nitrogens is 3. The fraction of sp³-hybridized carbons (Fsp3) is 0.0690. The molecule has 0 fully saturated rings. The van der Waals surface area contributed by atoms with Crippen LogP contribution in [0.1, 0.15) is 21.5 Å². The van der Waals surface area contributed by atoms with Gasteiger partial charge in [-0.05, 0) is 65.1 Å². The molecule has 1 aliphatic rings. The van der Waals surface area contributed by atoms with E-state index in [2.05, 4.69) is 40.5 Å². The molecule has 4 nitrogen and oxygen atoms in total. The van der Waals surface area contributed by atoms with Crippen LogP contribution in [0.2, 0.25) is 10.0 Å². The highest BCUT2D eigenvalue weighted by molar-refractivity contribution is 7.99. The van der Waals surface area contributed by atoms with E-state index in [1.165, 1.54) is 34.0 Å². The lowest BCUT2D eigenvalue weighted by Crippen LogP contribution is -2.05. The van der Waals surface area contributed by atoms with Gasteiger partial charge in [-0.3, -0.25) is 9.36 Å². The van der Waals surface area contributed by atoms with Gasteiger partial charge in [0.25, 0.3) is 0 Å². The van der Waals surface area contributed by atoms with Crippen LogP contribution in [-0.2, 0) is 6.42 Å². The van der Waals surface area contributed by atoms with E-state index < -0.39 is 0 Å². The molecular formula is C29H19Cl2N3OS. The molecule has 0 unspecified atom stereocenters. The summed E-state index contributed by atoms with van der Waals surface area (Å²) in [4.78, 5) is 13.2. The van der Waals surface area contributed by atoms with Crippen LogP contribution in [0, 0.1) is 0 Å². The normalized spacial score (nSPS) is 11.8. The summed E-state index contributed by atoms with van der Waals surface area (Å²) in [6.07, 6.45) is 0.854. The first kappa shape index (κ1) is 23.0. The largest absolute Gasteiger partial charge is 0.293 e. The van der Waals surface area contributed by atoms with Crippen LogP contribution in [0.4, 0.5) is 0 Å². The Hall–Kier alpha value is -3.38. The molecule has 0 saturated heterocycles. The third kappa shape index (κ3) is 4.24. The predicted molar refractivity (Wildman–Crippen MR) is 147 cm³/mol. The van der Waals surface area contributed by atoms with Gasteiger partial charge in [-0.1, -0.05) is 89.6 Å². The maximum absolute atomic E-state index is 13.2. The SMILES string of the molecule is O=C(CSc1nnc(-c2ccc(Cl)cc2Cl)n1-c1ccccc1)c1ccc2c(c1)Cc1ccccc1-2. The van der Waals surface area contributed by atoms with Gasteiger partial charge in [0.2, 0.25) is 0 Å². The Morgan fingerprint density at radius 1 is 0.806 bits per heavy atom. The van der Waals surface area contributed by atoms with Crippen molar-refractivity contribution >= 4 is 40.7 Å². The molecule has 0 amide bonds. The third-order valence-corrected chi connectivity index (χ3v) is 7.74. The number of nitrogens with zero attached hydrogens (tertiary/aromatic N) is 3. The number of para-hydroxylation sites is 1. The van der Waals surface area contributed by atoms with Gasteiger partial charge < -0.3 is 0 Å². The molecule has 1 aromatic heterocycles. The minimum atomic E-state index is 0.0486. The molecule has 36 heavy (non-hydrogen) atoms. The van der Waals surface area contributed by atoms with E-state index in [1.54, 1.807) is 12.1 Å². The number of Topliss-reactive ketones (excluding diaryl/α,β-unsaturated/α-hetero) is 1. The number of ketones is 1. The van der Waals surface area contributed by atoms with Gasteiger partial charge in [0.05, 0.1) is 10.8 Å². The monoisotopic (exact) mass is 527 g/mol. The lowest BCUT2D eigenvalue weighted by molar-refractivity contribution is 0.102. The van der Waals surface area contributed by atoms with Crippen LogP contribution in [0.3, 0.4) is 0 Å². The molecule has 6 rings (SSSR count). The quantitative estimate of drug-likeness (QED) is 0.164. The minimum absolute atomic E-state index is 0.0486. The highest BCUT2D eigenvalue weighted by atomic mass is 35.5. The molecule has 0 bridgehead atoms. The molecule has 0 aliphatic heterocycles. The zero-order valence-electron chi connectivity index (χ0n) is 19.0. The first-order chi connectivity index (χ1) is 17.6. The number of hydrogen-bond acceptors (Lipinski definition) is 4. The van der Waals surface area contributed by atoms with Crippen LogP contribution in [-0.4, -0.2) is 26.3 Å². The molecule has 0 saturated carbocycles. The van der Waals surface area contributed by atoms with Gasteiger partial charge in [0.1, 0.15) is 0 Å². The highest BCUT2D eigenvalue weighted by Crippen LogP contribution is 2.37. The number of carbonyl (C=O) groups excluding carboxylic acids is 1. The molecule has 5 aromatic rings. The highest BCUT2D eigenvalue weighted by Gasteiger charge is 2.22. The minimum Gasteiger partial charge on any atom is -0.293 e. The molecule has 1 heterocycles. The van der Waals surface area contributed by atoms with Crippen molar-refractivity contribution in [2.45, 2.75) is 11.6 Å². The summed E-state index contributed by atoms with van der Waals surface area (Å²) in [5, 5.41) is 10.5. The number of hydrogen-bond donors (Lipinski definition) is 0. The second kappa shape index (κ2) is 9.58. The average molecular weight is 528 g/mol. The van der Waals surface area contributed by atoms with Crippen LogP contribution in [0.5, 0.6) is 0 Å². The summed E-state index contributed by atoms with van der Waals surface area (Å²) in [6, 6.07) is 29.5. The van der Waals surface area contributed by atoms with E-state index >= 15 is 0 Å². The Labute approximate surface area is 222 Å². The molecule has 1 aliphatic carbocycles. The molecule has 0 spiro atoms. The van der Waals surface area contributed by atoms with Crippen molar-refractivity contribution < 1.29 is 4.79 Å². The Morgan fingerprint density at radius 3 is 2.39 bits per heavy atom. The fourth-order valence-electron chi connectivity index (χ4n) is 4.55. The zero-order chi connectivity index (χ0) is 24.6. The van der Waals surface area contributed by atoms with Crippen molar-refractivity contribution in [1.29, 1.82) is 0 Å². The Balaban J connectivity index is 1.29. The predicted octanol–water partition coefficient (Wildman–Crippen LogP) is 7.79. The van der Waals surface area contributed by atoms with Crippen molar-refractivity contribution in [1.82, 2.24) is 14.8 Å². The van der Waals surface area contributed by atoms with Crippen LogP contribution in [0.25, 0.3) is 28.2 Å². The first-order valence-electron chi connectivity index (χ1n) is 11.4. The van der Waals surface area contributed by atoms with Crippen molar-refractivity contribution in [3.63, 3.8) is 0 Å². The molecule has 0 N–H and O–H groups in total. The lowest BCUT2D eigenvalue weighted by atomic mass is 10.0. The second-order valence-electron chi connectivity index (χ2n) is 8.52. The van der Waals surface area contributed by atoms with Crippen molar-refractivity contribution in [2.75, 3.05) is 5.75 Å². The van der Waals surface area contributed by atoms with Gasteiger partial charge in [-0.15, -0.1) is 10.2 Å². The number of carbonyl (C=O) groups is 1. The van der Waals surface area contributed by atoms with Crippen molar-refractivity contribution in [3.8, 4) is 28.2 Å². The van der Waals surface area contributed by atoms with Crippen LogP contribution < -0.4 is 0 Å². The summed E-state index contributed by atoms with van der Waals surface area (Å²) in [7, 11) is 0. The maximum Gasteiger partial charge on any atom is 0.196 e. The molecule has 7 heteroatoms. The summed E-state index contributed by atoms with van der Waals surface area (Å²) in [6.45, 7) is 0. The van der Waals surface area contributed by atoms with Gasteiger partial charge in [-0.2, -0.15) is 0 Å². The van der Waals surface area contributed by atoms with Gasteiger partial charge >= 0.3 is 0 Å². The number of thioether (sulfide) groups is 1. The summed E-state index contributed by atoms with van der Waals surface area (Å²) in [5.74, 6) is 0.881. The topological polar surface area (TPSA) is 47.8 Å². The maximum atomic E-state index is 13.2. The Kier molecular flexibility index (Phi) is 6.13.